The van der Waals surface area contributed by atoms with Crippen molar-refractivity contribution < 1.29 is 183 Å². The molecule has 0 unspecified atom stereocenters. The monoisotopic (exact) mass is 1650 g/mol. The van der Waals surface area contributed by atoms with Gasteiger partial charge in [0, 0.05) is 0 Å². The topological polar surface area (TPSA) is 577 Å². The van der Waals surface area contributed by atoms with Crippen LogP contribution in [0.2, 0.25) is 0 Å². The lowest BCUT2D eigenvalue weighted by molar-refractivity contribution is -0.379. The molecule has 37 heteroatoms. The minimum atomic E-state index is -2.15. The van der Waals surface area contributed by atoms with E-state index in [9.17, 15) is 107 Å². The fraction of sp³-hybridized carbons (Fsp3) is 0.897. The van der Waals surface area contributed by atoms with E-state index in [0.29, 0.717) is 44.9 Å². The third kappa shape index (κ3) is 17.3. The Hall–Kier alpha value is -3.16. The Labute approximate surface area is 666 Å². The molecule has 0 radical (unpaired) electrons. The number of carbonyl (C=O) groups excluding carboxylic acids is 2. The summed E-state index contributed by atoms with van der Waals surface area (Å²) < 4.78 is 89.2. The lowest BCUT2D eigenvalue weighted by atomic mass is 9.33. The molecule has 20 N–H and O–H groups in total. The normalized spacial score (nSPS) is 50.5. The van der Waals surface area contributed by atoms with Gasteiger partial charge in [-0.1, -0.05) is 72.3 Å². The van der Waals surface area contributed by atoms with Gasteiger partial charge in [0.25, 0.3) is 0 Å². The molecular weight excluding hydrogens is 1530 g/mol. The molecule has 11 fully saturated rings. The molecular formula is C78H124O37. The van der Waals surface area contributed by atoms with Crippen molar-refractivity contribution >= 4 is 11.9 Å². The molecule has 115 heavy (non-hydrogen) atoms. The second kappa shape index (κ2) is 35.2. The predicted octanol–water partition coefficient (Wildman–Crippen LogP) is -4.82. The molecule has 37 nitrogen and oxygen atoms in total. The Morgan fingerprint density at radius 3 is 1.70 bits per heavy atom. The SMILES string of the molecule is C=C[C@@](C)(O)CC/C=C(\CO)C(=O)OC[C@H]1O[C@@H](OC(=O)[C@]23CCC(C)(C)C[C@H]2C2=CC[C@@H]4[C@@]5(C)CC[C@H](O[C@@H]6O[C@H](CO[C@@H]7OC[C@H](O)[C@H](O)[C@H]7O[C@@H]7OC[C@@H](O)[C@H](O)[C@H]7O)[C@@H](O)[C@H](O)[C@H]6O)C(C)(C)[C@@H]5CC[C@@]4(C)[C@]2(C)C[C@H]3O)[C@H](O[C@@H]2O[C@@H](C)[C@H](O[C@@H]3OC[C@@H](O)[C@H](O[C@H]4OC[C@@H](O)[C@H](O)[C@H]4O)[C@H]3O)[C@@H](O)[C@H]2O)[C@@H](O)[C@@H]1O. The molecule has 0 aromatic heterocycles. The lowest BCUT2D eigenvalue weighted by Gasteiger charge is -2.71. The van der Waals surface area contributed by atoms with Crippen LogP contribution in [0.3, 0.4) is 0 Å². The van der Waals surface area contributed by atoms with Gasteiger partial charge in [-0.3, -0.25) is 4.79 Å². The molecule has 12 rings (SSSR count). The van der Waals surface area contributed by atoms with Crippen LogP contribution in [0, 0.1) is 50.2 Å². The van der Waals surface area contributed by atoms with Crippen LogP contribution in [0.1, 0.15) is 133 Å². The quantitative estimate of drug-likeness (QED) is 0.0197. The first kappa shape index (κ1) is 91.1. The lowest BCUT2D eigenvalue weighted by Crippen LogP contribution is -2.69. The first-order valence-corrected chi connectivity index (χ1v) is 40.2. The Balaban J connectivity index is 0.764. The summed E-state index contributed by atoms with van der Waals surface area (Å²) in [5.74, 6) is -2.81. The van der Waals surface area contributed by atoms with E-state index < -0.39 is 305 Å². The largest absolute Gasteiger partial charge is 0.459 e. The molecule has 7 heterocycles. The third-order valence-electron chi connectivity index (χ3n) is 28.3. The number of carbonyl (C=O) groups is 2. The summed E-state index contributed by atoms with van der Waals surface area (Å²) in [5, 5.41) is 222. The first-order chi connectivity index (χ1) is 53.9. The van der Waals surface area contributed by atoms with Crippen molar-refractivity contribution in [1.82, 2.24) is 0 Å². The zero-order chi connectivity index (χ0) is 84.0. The molecule has 4 saturated carbocycles. The second-order valence-electron chi connectivity index (χ2n) is 36.4. The highest BCUT2D eigenvalue weighted by Crippen LogP contribution is 2.76. The molecule has 5 aliphatic carbocycles. The molecule has 0 bridgehead atoms. The van der Waals surface area contributed by atoms with Gasteiger partial charge in [-0.25, -0.2) is 4.79 Å². The van der Waals surface area contributed by atoms with Crippen LogP contribution in [0.15, 0.2) is 36.0 Å². The molecule has 0 spiro atoms. The molecule has 0 amide bonds. The molecule has 12 aliphatic rings. The fourth-order valence-corrected chi connectivity index (χ4v) is 20.9. The smallest absolute Gasteiger partial charge is 0.336 e. The molecule has 658 valence electrons. The van der Waals surface area contributed by atoms with E-state index in [1.807, 2.05) is 0 Å². The Morgan fingerprint density at radius 1 is 0.539 bits per heavy atom. The number of fused-ring (bicyclic) bond motifs is 7. The zero-order valence-electron chi connectivity index (χ0n) is 66.3. The van der Waals surface area contributed by atoms with Gasteiger partial charge in [0.05, 0.1) is 69.1 Å². The van der Waals surface area contributed by atoms with Gasteiger partial charge in [0.1, 0.15) is 146 Å². The van der Waals surface area contributed by atoms with Crippen LogP contribution in [0.25, 0.3) is 0 Å². The maximum atomic E-state index is 16.1. The summed E-state index contributed by atoms with van der Waals surface area (Å²) in [4.78, 5) is 29.7. The van der Waals surface area contributed by atoms with E-state index in [4.69, 9.17) is 71.1 Å². The maximum absolute atomic E-state index is 16.1. The van der Waals surface area contributed by atoms with Crippen molar-refractivity contribution in [2.45, 2.75) is 341 Å². The fourth-order valence-electron chi connectivity index (χ4n) is 20.9. The van der Waals surface area contributed by atoms with Gasteiger partial charge in [-0.15, -0.1) is 6.58 Å². The number of ether oxygens (including phenoxy) is 15. The van der Waals surface area contributed by atoms with Gasteiger partial charge >= 0.3 is 11.9 Å². The van der Waals surface area contributed by atoms with Crippen LogP contribution in [-0.2, 0) is 80.6 Å². The van der Waals surface area contributed by atoms with Gasteiger partial charge in [0.2, 0.25) is 6.29 Å². The summed E-state index contributed by atoms with van der Waals surface area (Å²) in [5.41, 5.74) is -5.11. The predicted molar refractivity (Wildman–Crippen MR) is 386 cm³/mol. The average molecular weight is 1650 g/mol. The number of aliphatic hydroxyl groups is 20. The van der Waals surface area contributed by atoms with Crippen LogP contribution in [0.5, 0.6) is 0 Å². The third-order valence-corrected chi connectivity index (χ3v) is 28.3. The van der Waals surface area contributed by atoms with Crippen molar-refractivity contribution in [2.75, 3.05) is 46.2 Å². The number of hydrogen-bond acceptors (Lipinski definition) is 37. The van der Waals surface area contributed by atoms with E-state index in [-0.39, 0.29) is 43.1 Å². The molecule has 41 atom stereocenters. The Kier molecular flexibility index (Phi) is 27.9. The van der Waals surface area contributed by atoms with Crippen molar-refractivity contribution in [1.29, 1.82) is 0 Å². The highest BCUT2D eigenvalue weighted by molar-refractivity contribution is 5.88. The highest BCUT2D eigenvalue weighted by Gasteiger charge is 2.73. The molecule has 7 aliphatic heterocycles. The van der Waals surface area contributed by atoms with E-state index in [0.717, 1.165) is 5.57 Å². The second-order valence-corrected chi connectivity index (χ2v) is 36.4. The zero-order valence-corrected chi connectivity index (χ0v) is 66.3. The Bertz CT molecular complexity index is 3380. The number of rotatable bonds is 23. The van der Waals surface area contributed by atoms with Crippen molar-refractivity contribution in [3.05, 3.63) is 36.0 Å². The van der Waals surface area contributed by atoms with Crippen LogP contribution >= 0.6 is 0 Å². The highest BCUT2D eigenvalue weighted by atomic mass is 16.8. The van der Waals surface area contributed by atoms with Crippen LogP contribution in [-0.4, -0.2) is 369 Å². The van der Waals surface area contributed by atoms with Gasteiger partial charge in [-0.2, -0.15) is 0 Å². The van der Waals surface area contributed by atoms with E-state index in [1.54, 1.807) is 0 Å². The summed E-state index contributed by atoms with van der Waals surface area (Å²) >= 11 is 0. The number of aliphatic hydroxyl groups excluding tert-OH is 19. The summed E-state index contributed by atoms with van der Waals surface area (Å²) in [7, 11) is 0. The summed E-state index contributed by atoms with van der Waals surface area (Å²) in [6, 6.07) is 0. The number of hydrogen-bond donors (Lipinski definition) is 20. The van der Waals surface area contributed by atoms with Gasteiger partial charge in [-0.05, 0) is 129 Å². The van der Waals surface area contributed by atoms with Crippen molar-refractivity contribution in [2.24, 2.45) is 50.2 Å². The minimum Gasteiger partial charge on any atom is -0.459 e. The molecule has 7 saturated heterocycles. The number of allylic oxidation sites excluding steroid dienone is 3. The van der Waals surface area contributed by atoms with E-state index in [2.05, 4.69) is 61.1 Å². The maximum Gasteiger partial charge on any atom is 0.336 e. The van der Waals surface area contributed by atoms with Crippen LogP contribution < -0.4 is 0 Å². The van der Waals surface area contributed by atoms with Gasteiger partial charge in [0.15, 0.2) is 43.8 Å². The van der Waals surface area contributed by atoms with Crippen molar-refractivity contribution in [3.8, 4) is 0 Å². The van der Waals surface area contributed by atoms with Crippen molar-refractivity contribution in [3.63, 3.8) is 0 Å². The summed E-state index contributed by atoms with van der Waals surface area (Å²) in [6.45, 7) is 17.5. The standard InChI is InChI=1S/C78H124O37/c1-11-74(7,100)18-12-13-33(25-79)63(98)101-30-40-50(89)52(91)62(114-67-57(96)53(92)59(32(2)107-67)111-66-58(97)60(39(83)29-104-66)112-64-54(93)46(85)36(80)26-102-64)70(109-40)115-71(99)78-22-21-72(3,4)23-35(78)34-14-15-43-75(8)19-17-45(73(5,6)42(75)16-20-76(43,9)77(34,10)24-44(78)84)110-68-56(95)51(90)49(88)41(108-68)31-106-69-61(48(87)38(82)28-105-69)113-65-55(94)47(86)37(81)27-103-65/h11,13-14,32,35-62,64-70,79-97,100H,1,12,15-31H2,2-10H3/b33-13+/t32-,35-,36+,37+,38-,39+,40+,41+,42-,43+,44+,45-,46-,47-,48-,49+,50+,51-,52-,53-,54+,55+,56+,57+,58+,59-,60-,61+,62+,64+,65-,66-,67-,68-,69-,70-,74+,75-,76+,77+,78+/m0/s1. The van der Waals surface area contributed by atoms with Crippen LogP contribution in [0.4, 0.5) is 0 Å². The van der Waals surface area contributed by atoms with E-state index >= 15 is 4.79 Å². The van der Waals surface area contributed by atoms with E-state index in [1.165, 1.54) is 26.0 Å². The number of esters is 2. The molecule has 0 aromatic carbocycles. The first-order valence-electron chi connectivity index (χ1n) is 40.2. The minimum absolute atomic E-state index is 0.0325. The average Bonchev–Trinajstić information content (AvgIpc) is 0.670. The molecule has 0 aromatic rings. The van der Waals surface area contributed by atoms with Gasteiger partial charge < -0.3 is 173 Å². The Morgan fingerprint density at radius 2 is 1.06 bits per heavy atom. The summed E-state index contributed by atoms with van der Waals surface area (Å²) in [6.07, 6.45) is -46.4.